The SMILES string of the molecule is Cc1ccc(NC(=O)Nc2ccc(-c3nc(-c4ccccc4)co3)cc2)cc1C. The number of oxazole rings is 1. The van der Waals surface area contributed by atoms with Crippen molar-refractivity contribution in [1.29, 1.82) is 0 Å². The Balaban J connectivity index is 1.42. The number of nitrogens with zero attached hydrogens (tertiary/aromatic N) is 1. The lowest BCUT2D eigenvalue weighted by Gasteiger charge is -2.09. The smallest absolute Gasteiger partial charge is 0.323 e. The zero-order valence-electron chi connectivity index (χ0n) is 16.3. The predicted molar refractivity (Wildman–Crippen MR) is 116 cm³/mol. The third kappa shape index (κ3) is 4.35. The number of aryl methyl sites for hydroxylation is 2. The molecule has 5 heteroatoms. The van der Waals surface area contributed by atoms with E-state index >= 15 is 0 Å². The van der Waals surface area contributed by atoms with Gasteiger partial charge in [-0.3, -0.25) is 0 Å². The summed E-state index contributed by atoms with van der Waals surface area (Å²) in [4.78, 5) is 16.8. The standard InChI is InChI=1S/C24H21N3O2/c1-16-8-11-21(14-17(16)2)26-24(28)25-20-12-9-19(10-13-20)23-27-22(15-29-23)18-6-4-3-5-7-18/h3-15H,1-2H3,(H2,25,26,28). The van der Waals surface area contributed by atoms with Crippen LogP contribution in [-0.4, -0.2) is 11.0 Å². The largest absolute Gasteiger partial charge is 0.444 e. The van der Waals surface area contributed by atoms with Gasteiger partial charge < -0.3 is 15.1 Å². The third-order valence-corrected chi connectivity index (χ3v) is 4.73. The van der Waals surface area contributed by atoms with E-state index in [1.54, 1.807) is 6.26 Å². The number of carbonyl (C=O) groups excluding carboxylic acids is 1. The van der Waals surface area contributed by atoms with E-state index in [1.807, 2.05) is 86.6 Å². The number of rotatable bonds is 4. The number of hydrogen-bond donors (Lipinski definition) is 2. The van der Waals surface area contributed by atoms with Crippen molar-refractivity contribution in [2.24, 2.45) is 0 Å². The lowest BCUT2D eigenvalue weighted by atomic mass is 10.1. The number of urea groups is 1. The monoisotopic (exact) mass is 383 g/mol. The number of benzene rings is 3. The first-order chi connectivity index (χ1) is 14.1. The second-order valence-corrected chi connectivity index (χ2v) is 6.86. The molecule has 0 saturated carbocycles. The zero-order chi connectivity index (χ0) is 20.2. The van der Waals surface area contributed by atoms with Crippen molar-refractivity contribution < 1.29 is 9.21 Å². The maximum absolute atomic E-state index is 12.2. The molecule has 0 radical (unpaired) electrons. The Hall–Kier alpha value is -3.86. The molecule has 2 N–H and O–H groups in total. The van der Waals surface area contributed by atoms with Crippen molar-refractivity contribution in [3.8, 4) is 22.7 Å². The Labute approximate surface area is 169 Å². The van der Waals surface area contributed by atoms with Crippen LogP contribution >= 0.6 is 0 Å². The van der Waals surface area contributed by atoms with Gasteiger partial charge in [-0.1, -0.05) is 36.4 Å². The Morgan fingerprint density at radius 2 is 1.48 bits per heavy atom. The minimum Gasteiger partial charge on any atom is -0.444 e. The Morgan fingerprint density at radius 1 is 0.793 bits per heavy atom. The molecular weight excluding hydrogens is 362 g/mol. The van der Waals surface area contributed by atoms with E-state index in [-0.39, 0.29) is 6.03 Å². The summed E-state index contributed by atoms with van der Waals surface area (Å²) in [7, 11) is 0. The number of anilines is 2. The van der Waals surface area contributed by atoms with Crippen LogP contribution in [0.2, 0.25) is 0 Å². The van der Waals surface area contributed by atoms with Crippen LogP contribution < -0.4 is 10.6 Å². The highest BCUT2D eigenvalue weighted by Gasteiger charge is 2.09. The third-order valence-electron chi connectivity index (χ3n) is 4.73. The molecule has 0 aliphatic carbocycles. The molecule has 1 aromatic heterocycles. The minimum absolute atomic E-state index is 0.288. The fraction of sp³-hybridized carbons (Fsp3) is 0.0833. The molecule has 0 bridgehead atoms. The number of hydrogen-bond acceptors (Lipinski definition) is 3. The molecule has 3 aromatic carbocycles. The summed E-state index contributed by atoms with van der Waals surface area (Å²) < 4.78 is 5.62. The van der Waals surface area contributed by atoms with Crippen LogP contribution in [0.5, 0.6) is 0 Å². The van der Waals surface area contributed by atoms with E-state index in [2.05, 4.69) is 15.6 Å². The zero-order valence-corrected chi connectivity index (χ0v) is 16.3. The molecule has 0 aliphatic heterocycles. The fourth-order valence-electron chi connectivity index (χ4n) is 2.96. The molecule has 0 atom stereocenters. The molecule has 4 aromatic rings. The highest BCUT2D eigenvalue weighted by atomic mass is 16.3. The van der Waals surface area contributed by atoms with Gasteiger partial charge in [-0.05, 0) is 61.4 Å². The summed E-state index contributed by atoms with van der Waals surface area (Å²) in [5.41, 5.74) is 6.40. The molecule has 0 unspecified atom stereocenters. The maximum Gasteiger partial charge on any atom is 0.323 e. The molecular formula is C24H21N3O2. The highest BCUT2D eigenvalue weighted by molar-refractivity contribution is 5.99. The van der Waals surface area contributed by atoms with E-state index in [4.69, 9.17) is 4.42 Å². The Bertz CT molecular complexity index is 1130. The van der Waals surface area contributed by atoms with Crippen LogP contribution in [0.25, 0.3) is 22.7 Å². The summed E-state index contributed by atoms with van der Waals surface area (Å²) in [6.45, 7) is 4.06. The average Bonchev–Trinajstić information content (AvgIpc) is 3.22. The van der Waals surface area contributed by atoms with Crippen LogP contribution in [-0.2, 0) is 0 Å². The first kappa shape index (κ1) is 18.5. The molecule has 29 heavy (non-hydrogen) atoms. The van der Waals surface area contributed by atoms with E-state index in [9.17, 15) is 4.79 Å². The van der Waals surface area contributed by atoms with Crippen molar-refractivity contribution >= 4 is 17.4 Å². The first-order valence-corrected chi connectivity index (χ1v) is 9.35. The van der Waals surface area contributed by atoms with Gasteiger partial charge >= 0.3 is 6.03 Å². The van der Waals surface area contributed by atoms with Crippen LogP contribution in [0.1, 0.15) is 11.1 Å². The number of nitrogens with one attached hydrogen (secondary N) is 2. The summed E-state index contributed by atoms with van der Waals surface area (Å²) in [6, 6.07) is 22.8. The molecule has 5 nitrogen and oxygen atoms in total. The topological polar surface area (TPSA) is 67.2 Å². The van der Waals surface area contributed by atoms with Gasteiger partial charge in [0.25, 0.3) is 0 Å². The van der Waals surface area contributed by atoms with Crippen molar-refractivity contribution in [2.75, 3.05) is 10.6 Å². The molecule has 2 amide bonds. The minimum atomic E-state index is -0.288. The second-order valence-electron chi connectivity index (χ2n) is 6.86. The van der Waals surface area contributed by atoms with E-state index in [0.717, 1.165) is 28.1 Å². The van der Waals surface area contributed by atoms with E-state index in [0.29, 0.717) is 11.6 Å². The van der Waals surface area contributed by atoms with Gasteiger partial charge in [-0.2, -0.15) is 0 Å². The lowest BCUT2D eigenvalue weighted by Crippen LogP contribution is -2.19. The normalized spacial score (nSPS) is 10.6. The lowest BCUT2D eigenvalue weighted by molar-refractivity contribution is 0.262. The van der Waals surface area contributed by atoms with Crippen LogP contribution in [0.4, 0.5) is 16.2 Å². The van der Waals surface area contributed by atoms with Crippen LogP contribution in [0, 0.1) is 13.8 Å². The quantitative estimate of drug-likeness (QED) is 0.436. The highest BCUT2D eigenvalue weighted by Crippen LogP contribution is 2.25. The van der Waals surface area contributed by atoms with Crippen molar-refractivity contribution in [3.05, 3.63) is 90.2 Å². The molecule has 0 saturated heterocycles. The van der Waals surface area contributed by atoms with Gasteiger partial charge in [0, 0.05) is 22.5 Å². The van der Waals surface area contributed by atoms with Crippen molar-refractivity contribution in [3.63, 3.8) is 0 Å². The van der Waals surface area contributed by atoms with Gasteiger partial charge in [-0.25, -0.2) is 9.78 Å². The first-order valence-electron chi connectivity index (χ1n) is 9.35. The Morgan fingerprint density at radius 3 is 2.21 bits per heavy atom. The van der Waals surface area contributed by atoms with Gasteiger partial charge in [0.05, 0.1) is 0 Å². The molecule has 0 spiro atoms. The summed E-state index contributed by atoms with van der Waals surface area (Å²) in [6.07, 6.45) is 1.65. The molecule has 0 aliphatic rings. The van der Waals surface area contributed by atoms with Crippen molar-refractivity contribution in [2.45, 2.75) is 13.8 Å². The van der Waals surface area contributed by atoms with Crippen LogP contribution in [0.3, 0.4) is 0 Å². The van der Waals surface area contributed by atoms with Crippen LogP contribution in [0.15, 0.2) is 83.5 Å². The van der Waals surface area contributed by atoms with Gasteiger partial charge in [0.1, 0.15) is 12.0 Å². The molecule has 1 heterocycles. The van der Waals surface area contributed by atoms with Gasteiger partial charge in [0.15, 0.2) is 0 Å². The van der Waals surface area contributed by atoms with Gasteiger partial charge in [0.2, 0.25) is 5.89 Å². The number of carbonyl (C=O) groups is 1. The van der Waals surface area contributed by atoms with Crippen molar-refractivity contribution in [1.82, 2.24) is 4.98 Å². The summed E-state index contributed by atoms with van der Waals surface area (Å²) >= 11 is 0. The van der Waals surface area contributed by atoms with E-state index in [1.165, 1.54) is 5.56 Å². The summed E-state index contributed by atoms with van der Waals surface area (Å²) in [5.74, 6) is 0.537. The second kappa shape index (κ2) is 8.02. The molecule has 0 fully saturated rings. The summed E-state index contributed by atoms with van der Waals surface area (Å²) in [5, 5.41) is 5.68. The molecule has 4 rings (SSSR count). The molecule has 144 valence electrons. The van der Waals surface area contributed by atoms with Gasteiger partial charge in [-0.15, -0.1) is 0 Å². The number of amides is 2. The number of aromatic nitrogens is 1. The average molecular weight is 383 g/mol. The predicted octanol–water partition coefficient (Wildman–Crippen LogP) is 6.27. The maximum atomic E-state index is 12.2. The Kier molecular flexibility index (Phi) is 5.12. The fourth-order valence-corrected chi connectivity index (χ4v) is 2.96. The van der Waals surface area contributed by atoms with E-state index < -0.39 is 0 Å².